The van der Waals surface area contributed by atoms with Crippen molar-refractivity contribution in [3.63, 3.8) is 0 Å². The Bertz CT molecular complexity index is 568. The second-order valence-electron chi connectivity index (χ2n) is 3.98. The first-order chi connectivity index (χ1) is 9.42. The lowest BCUT2D eigenvalue weighted by Crippen LogP contribution is -2.17. The third kappa shape index (κ3) is 4.38. The van der Waals surface area contributed by atoms with E-state index in [4.69, 9.17) is 4.74 Å². The van der Waals surface area contributed by atoms with Crippen LogP contribution in [0.25, 0.3) is 0 Å². The van der Waals surface area contributed by atoms with Crippen LogP contribution in [0.5, 0.6) is 17.2 Å². The van der Waals surface area contributed by atoms with Crippen molar-refractivity contribution >= 4 is 0 Å². The summed E-state index contributed by atoms with van der Waals surface area (Å²) in [5.41, 5.74) is 0.856. The second-order valence-corrected chi connectivity index (χ2v) is 3.98. The zero-order chi connectivity index (χ0) is 14.6. The normalized spacial score (nSPS) is 11.2. The Kier molecular flexibility index (Phi) is 4.02. The highest BCUT2D eigenvalue weighted by Gasteiger charge is 2.31. The summed E-state index contributed by atoms with van der Waals surface area (Å²) in [7, 11) is 0. The molecular formula is C14H11F3O3. The Labute approximate surface area is 113 Å². The number of alkyl halides is 3. The van der Waals surface area contributed by atoms with Crippen LogP contribution in [-0.2, 0) is 6.61 Å². The molecule has 20 heavy (non-hydrogen) atoms. The molecule has 0 aliphatic heterocycles. The standard InChI is InChI=1S/C14H11F3O3/c15-14(16,17)20-13-7-11(18)6-12(8-13)19-9-10-4-2-1-3-5-10/h1-8,18H,9H2. The molecule has 0 fully saturated rings. The molecular weight excluding hydrogens is 273 g/mol. The summed E-state index contributed by atoms with van der Waals surface area (Å²) in [6.45, 7) is 0.176. The molecule has 1 N–H and O–H groups in total. The number of ether oxygens (including phenoxy) is 2. The highest BCUT2D eigenvalue weighted by molar-refractivity contribution is 5.41. The average molecular weight is 284 g/mol. The van der Waals surface area contributed by atoms with E-state index in [0.717, 1.165) is 17.7 Å². The van der Waals surface area contributed by atoms with Gasteiger partial charge in [0.05, 0.1) is 0 Å². The molecule has 0 aromatic heterocycles. The van der Waals surface area contributed by atoms with Gasteiger partial charge in [0.15, 0.2) is 0 Å². The molecule has 0 aliphatic carbocycles. The highest BCUT2D eigenvalue weighted by Crippen LogP contribution is 2.31. The van der Waals surface area contributed by atoms with E-state index in [2.05, 4.69) is 4.74 Å². The van der Waals surface area contributed by atoms with Gasteiger partial charge in [0.25, 0.3) is 0 Å². The Hall–Kier alpha value is -2.37. The van der Waals surface area contributed by atoms with Gasteiger partial charge in [0.1, 0.15) is 23.9 Å². The molecule has 0 heterocycles. The summed E-state index contributed by atoms with van der Waals surface area (Å²) in [5.74, 6) is -0.802. The molecule has 0 saturated heterocycles. The molecule has 0 unspecified atom stereocenters. The molecule has 106 valence electrons. The van der Waals surface area contributed by atoms with Crippen molar-refractivity contribution in [2.75, 3.05) is 0 Å². The lowest BCUT2D eigenvalue weighted by atomic mass is 10.2. The number of phenolic OH excluding ortho intramolecular Hbond substituents is 1. The van der Waals surface area contributed by atoms with Gasteiger partial charge in [0.2, 0.25) is 0 Å². The molecule has 0 saturated carbocycles. The van der Waals surface area contributed by atoms with Crippen molar-refractivity contribution < 1.29 is 27.8 Å². The minimum absolute atomic E-state index is 0.0908. The first-order valence-electron chi connectivity index (χ1n) is 5.69. The fourth-order valence-electron chi connectivity index (χ4n) is 1.57. The van der Waals surface area contributed by atoms with E-state index >= 15 is 0 Å². The zero-order valence-electron chi connectivity index (χ0n) is 10.2. The molecule has 0 aliphatic rings. The molecule has 2 rings (SSSR count). The third-order valence-electron chi connectivity index (χ3n) is 2.35. The highest BCUT2D eigenvalue weighted by atomic mass is 19.4. The lowest BCUT2D eigenvalue weighted by Gasteiger charge is -2.11. The van der Waals surface area contributed by atoms with E-state index < -0.39 is 12.1 Å². The van der Waals surface area contributed by atoms with Gasteiger partial charge >= 0.3 is 6.36 Å². The van der Waals surface area contributed by atoms with E-state index in [1.807, 2.05) is 30.3 Å². The fourth-order valence-corrected chi connectivity index (χ4v) is 1.57. The number of hydrogen-bond acceptors (Lipinski definition) is 3. The topological polar surface area (TPSA) is 38.7 Å². The number of benzene rings is 2. The lowest BCUT2D eigenvalue weighted by molar-refractivity contribution is -0.274. The van der Waals surface area contributed by atoms with Gasteiger partial charge in [-0.25, -0.2) is 0 Å². The van der Waals surface area contributed by atoms with Crippen molar-refractivity contribution in [3.8, 4) is 17.2 Å². The van der Waals surface area contributed by atoms with E-state index in [-0.39, 0.29) is 18.1 Å². The van der Waals surface area contributed by atoms with E-state index in [1.54, 1.807) is 0 Å². The van der Waals surface area contributed by atoms with E-state index in [1.165, 1.54) is 6.07 Å². The summed E-state index contributed by atoms with van der Waals surface area (Å²) in [6, 6.07) is 12.3. The van der Waals surface area contributed by atoms with Gasteiger partial charge in [-0.05, 0) is 5.56 Å². The fraction of sp³-hybridized carbons (Fsp3) is 0.143. The van der Waals surface area contributed by atoms with Crippen LogP contribution in [0.3, 0.4) is 0 Å². The van der Waals surface area contributed by atoms with Crippen molar-refractivity contribution in [3.05, 3.63) is 54.1 Å². The average Bonchev–Trinajstić information content (AvgIpc) is 2.35. The maximum absolute atomic E-state index is 12.1. The number of phenols is 1. The Balaban J connectivity index is 2.08. The molecule has 0 amide bonds. The van der Waals surface area contributed by atoms with Crippen molar-refractivity contribution in [1.82, 2.24) is 0 Å². The largest absolute Gasteiger partial charge is 0.573 e. The second kappa shape index (κ2) is 5.73. The minimum atomic E-state index is -4.81. The number of halogens is 3. The molecule has 0 radical (unpaired) electrons. The molecule has 2 aromatic carbocycles. The predicted molar refractivity (Wildman–Crippen MR) is 65.6 cm³/mol. The monoisotopic (exact) mass is 284 g/mol. The summed E-state index contributed by atoms with van der Waals surface area (Å²) >= 11 is 0. The van der Waals surface area contributed by atoms with Gasteiger partial charge in [0, 0.05) is 18.2 Å². The minimum Gasteiger partial charge on any atom is -0.508 e. The van der Waals surface area contributed by atoms with Crippen molar-refractivity contribution in [2.24, 2.45) is 0 Å². The van der Waals surface area contributed by atoms with Crippen LogP contribution in [0.2, 0.25) is 0 Å². The SMILES string of the molecule is Oc1cc(OCc2ccccc2)cc(OC(F)(F)F)c1. The van der Waals surface area contributed by atoms with Crippen LogP contribution in [0.1, 0.15) is 5.56 Å². The van der Waals surface area contributed by atoms with Gasteiger partial charge in [-0.3, -0.25) is 0 Å². The Morgan fingerprint density at radius 2 is 1.60 bits per heavy atom. The van der Waals surface area contributed by atoms with Crippen molar-refractivity contribution in [2.45, 2.75) is 13.0 Å². The van der Waals surface area contributed by atoms with Crippen LogP contribution < -0.4 is 9.47 Å². The quantitative estimate of drug-likeness (QED) is 0.926. The van der Waals surface area contributed by atoms with Crippen molar-refractivity contribution in [1.29, 1.82) is 0 Å². The van der Waals surface area contributed by atoms with E-state index in [9.17, 15) is 18.3 Å². The smallest absolute Gasteiger partial charge is 0.508 e. The molecule has 6 heteroatoms. The number of hydrogen-bond donors (Lipinski definition) is 1. The van der Waals surface area contributed by atoms with Gasteiger partial charge in [-0.15, -0.1) is 13.2 Å². The maximum atomic E-state index is 12.1. The van der Waals surface area contributed by atoms with Gasteiger partial charge < -0.3 is 14.6 Å². The predicted octanol–water partition coefficient (Wildman–Crippen LogP) is 3.87. The molecule has 0 bridgehead atoms. The van der Waals surface area contributed by atoms with Crippen LogP contribution in [0.15, 0.2) is 48.5 Å². The molecule has 3 nitrogen and oxygen atoms in total. The van der Waals surface area contributed by atoms with Crippen LogP contribution in [0, 0.1) is 0 Å². The summed E-state index contributed by atoms with van der Waals surface area (Å²) in [4.78, 5) is 0. The summed E-state index contributed by atoms with van der Waals surface area (Å²) in [6.07, 6.45) is -4.81. The zero-order valence-corrected chi connectivity index (χ0v) is 10.2. The molecule has 0 atom stereocenters. The third-order valence-corrected chi connectivity index (χ3v) is 2.35. The van der Waals surface area contributed by atoms with Gasteiger partial charge in [-0.1, -0.05) is 30.3 Å². The van der Waals surface area contributed by atoms with Crippen LogP contribution in [0.4, 0.5) is 13.2 Å². The molecule has 0 spiro atoms. The van der Waals surface area contributed by atoms with Gasteiger partial charge in [-0.2, -0.15) is 0 Å². The number of aromatic hydroxyl groups is 1. The van der Waals surface area contributed by atoms with Crippen LogP contribution >= 0.6 is 0 Å². The summed E-state index contributed by atoms with van der Waals surface area (Å²) in [5, 5.41) is 9.36. The first-order valence-corrected chi connectivity index (χ1v) is 5.69. The van der Waals surface area contributed by atoms with E-state index in [0.29, 0.717) is 0 Å². The first kappa shape index (κ1) is 14.0. The maximum Gasteiger partial charge on any atom is 0.573 e. The number of rotatable bonds is 4. The molecule has 2 aromatic rings. The Morgan fingerprint density at radius 3 is 2.25 bits per heavy atom. The van der Waals surface area contributed by atoms with Crippen LogP contribution in [-0.4, -0.2) is 11.5 Å². The summed E-state index contributed by atoms with van der Waals surface area (Å²) < 4.78 is 45.4. The Morgan fingerprint density at radius 1 is 0.950 bits per heavy atom.